The zero-order valence-corrected chi connectivity index (χ0v) is 3.22. The summed E-state index contributed by atoms with van der Waals surface area (Å²) in [5, 5.41) is 37.0. The summed E-state index contributed by atoms with van der Waals surface area (Å²) in [5.41, 5.74) is 0. The largest absolute Gasteiger partial charge is 0.631 e. The van der Waals surface area contributed by atoms with Crippen LogP contribution in [0.15, 0.2) is 0 Å². The van der Waals surface area contributed by atoms with Crippen LogP contribution in [-0.2, 0) is 5.04 Å². The number of hydrogen-bond acceptors (Lipinski definition) is 6. The van der Waals surface area contributed by atoms with Crippen molar-refractivity contribution < 1.29 is 30.6 Å². The van der Waals surface area contributed by atoms with Gasteiger partial charge in [-0.3, -0.25) is 0 Å². The van der Waals surface area contributed by atoms with E-state index in [9.17, 15) is 0 Å². The van der Waals surface area contributed by atoms with Gasteiger partial charge in [0.2, 0.25) is 0 Å². The Balaban J connectivity index is 0. The van der Waals surface area contributed by atoms with Crippen LogP contribution in [0.5, 0.6) is 0 Å². The van der Waals surface area contributed by atoms with Crippen LogP contribution in [0.4, 0.5) is 0 Å². The standard InChI is InChI=1S/BH3O3.H2O3/c2-1(3)4;1-3-2/h2-4H;1-2H. The van der Waals surface area contributed by atoms with E-state index in [0.717, 1.165) is 0 Å². The fourth-order valence-corrected chi connectivity index (χ4v) is 0. The average molecular weight is 112 g/mol. The molecule has 0 saturated heterocycles. The summed E-state index contributed by atoms with van der Waals surface area (Å²) < 4.78 is 0. The van der Waals surface area contributed by atoms with Gasteiger partial charge in [-0.05, 0) is 0 Å². The Morgan fingerprint density at radius 1 is 1.00 bits per heavy atom. The van der Waals surface area contributed by atoms with Crippen molar-refractivity contribution in [3.8, 4) is 0 Å². The van der Waals surface area contributed by atoms with Crippen molar-refractivity contribution in [3.05, 3.63) is 0 Å². The minimum absolute atomic E-state index is 2.17. The Bertz CT molecular complexity index is 15.4. The molecule has 0 heterocycles. The van der Waals surface area contributed by atoms with Gasteiger partial charge < -0.3 is 15.1 Å². The highest BCUT2D eigenvalue weighted by Gasteiger charge is 1.92. The molecule has 0 aliphatic rings. The summed E-state index contributed by atoms with van der Waals surface area (Å²) in [6.07, 6.45) is 0. The smallest absolute Gasteiger partial charge is 0.402 e. The molecule has 0 unspecified atom stereocenters. The molecule has 5 N–H and O–H groups in total. The molecule has 0 aromatic heterocycles. The maximum Gasteiger partial charge on any atom is 0.631 e. The van der Waals surface area contributed by atoms with Crippen molar-refractivity contribution in [2.75, 3.05) is 0 Å². The monoisotopic (exact) mass is 112 g/mol. The minimum atomic E-state index is -2.17. The predicted molar refractivity (Wildman–Crippen MR) is 18.8 cm³/mol. The van der Waals surface area contributed by atoms with Crippen LogP contribution in [0.25, 0.3) is 0 Å². The molecular formula is H5BO6. The maximum atomic E-state index is 7.17. The van der Waals surface area contributed by atoms with E-state index < -0.39 is 7.32 Å². The number of rotatable bonds is 0. The van der Waals surface area contributed by atoms with E-state index in [1.54, 1.807) is 0 Å². The van der Waals surface area contributed by atoms with Crippen LogP contribution < -0.4 is 0 Å². The molecule has 7 heavy (non-hydrogen) atoms. The SMILES string of the molecule is OB(O)O.OOO. The van der Waals surface area contributed by atoms with Crippen molar-refractivity contribution in [1.29, 1.82) is 0 Å². The zero-order valence-electron chi connectivity index (χ0n) is 3.22. The third-order valence-corrected chi connectivity index (χ3v) is 0. The van der Waals surface area contributed by atoms with Crippen LogP contribution >= 0.6 is 0 Å². The topological polar surface area (TPSA) is 110 Å². The van der Waals surface area contributed by atoms with E-state index in [4.69, 9.17) is 25.6 Å². The Hall–Kier alpha value is -0.175. The summed E-state index contributed by atoms with van der Waals surface area (Å²) in [5.74, 6) is 0. The highest BCUT2D eigenvalue weighted by atomic mass is 17.4. The zero-order chi connectivity index (χ0) is 6.28. The quantitative estimate of drug-likeness (QED) is 0.139. The molecule has 0 saturated carbocycles. The lowest BCUT2D eigenvalue weighted by atomic mass is 10.3. The fraction of sp³-hybridized carbons (Fsp3) is 0. The summed E-state index contributed by atoms with van der Waals surface area (Å²) in [6, 6.07) is 0. The van der Waals surface area contributed by atoms with Gasteiger partial charge in [0.1, 0.15) is 0 Å². The van der Waals surface area contributed by atoms with Gasteiger partial charge in [0.05, 0.1) is 0 Å². The van der Waals surface area contributed by atoms with Crippen LogP contribution in [0.3, 0.4) is 0 Å². The van der Waals surface area contributed by atoms with Crippen LogP contribution in [0.1, 0.15) is 0 Å². The minimum Gasteiger partial charge on any atom is -0.402 e. The summed E-state index contributed by atoms with van der Waals surface area (Å²) in [7, 11) is -2.17. The van der Waals surface area contributed by atoms with Crippen molar-refractivity contribution >= 4 is 7.32 Å². The average Bonchev–Trinajstić information content (AvgIpc) is 1.33. The van der Waals surface area contributed by atoms with Crippen LogP contribution in [-0.4, -0.2) is 32.9 Å². The Morgan fingerprint density at radius 3 is 1.00 bits per heavy atom. The van der Waals surface area contributed by atoms with Crippen molar-refractivity contribution in [2.45, 2.75) is 0 Å². The second kappa shape index (κ2) is 9.27. The molecule has 0 aromatic carbocycles. The Morgan fingerprint density at radius 2 is 1.00 bits per heavy atom. The first kappa shape index (κ1) is 9.95. The lowest BCUT2D eigenvalue weighted by Crippen LogP contribution is -2.07. The molecule has 0 aliphatic heterocycles. The summed E-state index contributed by atoms with van der Waals surface area (Å²) >= 11 is 0. The third kappa shape index (κ3) is 2780. The predicted octanol–water partition coefficient (Wildman–Crippen LogP) is -2.10. The van der Waals surface area contributed by atoms with Crippen molar-refractivity contribution in [2.24, 2.45) is 0 Å². The molecule has 7 heteroatoms. The summed E-state index contributed by atoms with van der Waals surface area (Å²) in [4.78, 5) is 0. The summed E-state index contributed by atoms with van der Waals surface area (Å²) in [6.45, 7) is 0. The van der Waals surface area contributed by atoms with Gasteiger partial charge in [0.15, 0.2) is 0 Å². The molecule has 0 fully saturated rings. The third-order valence-electron chi connectivity index (χ3n) is 0. The Labute approximate surface area is 39.3 Å². The van der Waals surface area contributed by atoms with E-state index in [1.165, 1.54) is 0 Å². The van der Waals surface area contributed by atoms with Gasteiger partial charge >= 0.3 is 7.32 Å². The van der Waals surface area contributed by atoms with Gasteiger partial charge in [0.25, 0.3) is 0 Å². The van der Waals surface area contributed by atoms with Gasteiger partial charge in [0, 0.05) is 0 Å². The molecule has 0 rings (SSSR count). The molecule has 6 nitrogen and oxygen atoms in total. The fourth-order valence-electron chi connectivity index (χ4n) is 0. The molecule has 0 spiro atoms. The van der Waals surface area contributed by atoms with Gasteiger partial charge in [-0.2, -0.15) is 0 Å². The first-order chi connectivity index (χ1) is 3.15. The van der Waals surface area contributed by atoms with E-state index >= 15 is 0 Å². The van der Waals surface area contributed by atoms with Crippen LogP contribution in [0, 0.1) is 0 Å². The van der Waals surface area contributed by atoms with Crippen molar-refractivity contribution in [3.63, 3.8) is 0 Å². The van der Waals surface area contributed by atoms with E-state index in [0.29, 0.717) is 0 Å². The Kier molecular flexibility index (Phi) is 13.2. The second-order valence-corrected chi connectivity index (χ2v) is 0.428. The molecule has 44 valence electrons. The normalized spacial score (nSPS) is 6.43. The first-order valence-corrected chi connectivity index (χ1v) is 1.14. The van der Waals surface area contributed by atoms with Gasteiger partial charge in [-0.15, -0.1) is 0 Å². The van der Waals surface area contributed by atoms with E-state index in [-0.39, 0.29) is 0 Å². The molecule has 0 aromatic rings. The van der Waals surface area contributed by atoms with Crippen molar-refractivity contribution in [1.82, 2.24) is 0 Å². The molecule has 0 radical (unpaired) electrons. The van der Waals surface area contributed by atoms with Gasteiger partial charge in [-0.1, -0.05) is 5.04 Å². The molecular weight excluding hydrogens is 107 g/mol. The lowest BCUT2D eigenvalue weighted by Gasteiger charge is -1.69. The molecule has 0 atom stereocenters. The van der Waals surface area contributed by atoms with E-state index in [2.05, 4.69) is 5.04 Å². The van der Waals surface area contributed by atoms with Crippen LogP contribution in [0.2, 0.25) is 0 Å². The van der Waals surface area contributed by atoms with E-state index in [1.807, 2.05) is 0 Å². The maximum absolute atomic E-state index is 7.17. The highest BCUT2D eigenvalue weighted by Crippen LogP contribution is 1.40. The molecule has 0 aliphatic carbocycles. The molecule has 0 bridgehead atoms. The first-order valence-electron chi connectivity index (χ1n) is 1.14. The highest BCUT2D eigenvalue weighted by molar-refractivity contribution is 6.30. The second-order valence-electron chi connectivity index (χ2n) is 0.428. The number of hydrogen-bond donors (Lipinski definition) is 5. The van der Waals surface area contributed by atoms with Gasteiger partial charge in [-0.25, -0.2) is 10.5 Å². The lowest BCUT2D eigenvalue weighted by molar-refractivity contribution is -0.465. The molecule has 0 amide bonds.